The van der Waals surface area contributed by atoms with E-state index in [1.165, 1.54) is 21.2 Å². The van der Waals surface area contributed by atoms with Gasteiger partial charge in [0.25, 0.3) is 5.56 Å². The number of benzene rings is 2. The van der Waals surface area contributed by atoms with Crippen LogP contribution >= 0.6 is 0 Å². The van der Waals surface area contributed by atoms with E-state index in [-0.39, 0.29) is 29.5 Å². The SMILES string of the molecule is CC(C)Cn1c(=O)c2ccccc2n2c(=O)n(Cc3ccc(F)cc3)nc12. The van der Waals surface area contributed by atoms with Gasteiger partial charge in [-0.05, 0) is 35.7 Å². The molecule has 0 saturated heterocycles. The zero-order valence-corrected chi connectivity index (χ0v) is 15.1. The standard InChI is InChI=1S/C20H19FN4O2/c1-13(2)11-23-18(26)16-5-3-4-6-17(16)25-19(23)22-24(20(25)27)12-14-7-9-15(21)10-8-14/h3-10,13H,11-12H2,1-2H3. The zero-order chi connectivity index (χ0) is 19.1. The second-order valence-corrected chi connectivity index (χ2v) is 7.03. The van der Waals surface area contributed by atoms with Gasteiger partial charge in [0.1, 0.15) is 5.82 Å². The fourth-order valence-corrected chi connectivity index (χ4v) is 3.26. The van der Waals surface area contributed by atoms with Crippen LogP contribution in [0.25, 0.3) is 16.7 Å². The van der Waals surface area contributed by atoms with Crippen molar-refractivity contribution in [1.82, 2.24) is 18.7 Å². The predicted octanol–water partition coefficient (Wildman–Crippen LogP) is 2.65. The minimum atomic E-state index is -0.335. The van der Waals surface area contributed by atoms with Crippen LogP contribution in [0.1, 0.15) is 19.4 Å². The molecule has 2 heterocycles. The van der Waals surface area contributed by atoms with Crippen molar-refractivity contribution >= 4 is 16.7 Å². The maximum Gasteiger partial charge on any atom is 0.352 e. The van der Waals surface area contributed by atoms with Gasteiger partial charge in [0, 0.05) is 6.54 Å². The summed E-state index contributed by atoms with van der Waals surface area (Å²) in [7, 11) is 0. The summed E-state index contributed by atoms with van der Waals surface area (Å²) in [5.41, 5.74) is 0.797. The van der Waals surface area contributed by atoms with Crippen molar-refractivity contribution in [1.29, 1.82) is 0 Å². The summed E-state index contributed by atoms with van der Waals surface area (Å²) in [6, 6.07) is 13.0. The van der Waals surface area contributed by atoms with Gasteiger partial charge in [-0.1, -0.05) is 38.1 Å². The van der Waals surface area contributed by atoms with E-state index in [9.17, 15) is 14.0 Å². The Morgan fingerprint density at radius 3 is 2.44 bits per heavy atom. The second-order valence-electron chi connectivity index (χ2n) is 7.03. The third kappa shape index (κ3) is 2.95. The van der Waals surface area contributed by atoms with Crippen LogP contribution < -0.4 is 11.2 Å². The highest BCUT2D eigenvalue weighted by molar-refractivity contribution is 5.79. The third-order valence-corrected chi connectivity index (χ3v) is 4.48. The average Bonchev–Trinajstić information content (AvgIpc) is 2.97. The molecular formula is C20H19FN4O2. The highest BCUT2D eigenvalue weighted by Gasteiger charge is 2.17. The minimum Gasteiger partial charge on any atom is -0.276 e. The molecule has 7 heteroatoms. The number of nitrogens with zero attached hydrogens (tertiary/aromatic N) is 4. The van der Waals surface area contributed by atoms with Gasteiger partial charge in [-0.25, -0.2) is 18.3 Å². The summed E-state index contributed by atoms with van der Waals surface area (Å²) >= 11 is 0. The van der Waals surface area contributed by atoms with E-state index in [0.29, 0.717) is 23.2 Å². The molecule has 0 aliphatic rings. The van der Waals surface area contributed by atoms with Crippen LogP contribution in [0.3, 0.4) is 0 Å². The first-order valence-electron chi connectivity index (χ1n) is 8.81. The number of para-hydroxylation sites is 1. The lowest BCUT2D eigenvalue weighted by atomic mass is 10.2. The van der Waals surface area contributed by atoms with E-state index in [1.807, 2.05) is 13.8 Å². The molecule has 0 saturated carbocycles. The maximum atomic E-state index is 13.1. The normalized spacial score (nSPS) is 11.7. The molecule has 0 radical (unpaired) electrons. The van der Waals surface area contributed by atoms with Crippen LogP contribution in [0.2, 0.25) is 0 Å². The van der Waals surface area contributed by atoms with Crippen LogP contribution in [0.15, 0.2) is 58.1 Å². The molecule has 4 aromatic rings. The van der Waals surface area contributed by atoms with E-state index in [1.54, 1.807) is 41.0 Å². The Morgan fingerprint density at radius 1 is 1.04 bits per heavy atom. The molecule has 4 rings (SSSR count). The molecule has 0 atom stereocenters. The lowest BCUT2D eigenvalue weighted by molar-refractivity contribution is 0.516. The number of hydrogen-bond donors (Lipinski definition) is 0. The van der Waals surface area contributed by atoms with Gasteiger partial charge in [-0.15, -0.1) is 5.10 Å². The topological polar surface area (TPSA) is 61.3 Å². The molecule has 27 heavy (non-hydrogen) atoms. The summed E-state index contributed by atoms with van der Waals surface area (Å²) in [6.45, 7) is 4.67. The van der Waals surface area contributed by atoms with Crippen LogP contribution in [0.5, 0.6) is 0 Å². The Bertz CT molecular complexity index is 1250. The smallest absolute Gasteiger partial charge is 0.276 e. The minimum absolute atomic E-state index is 0.161. The molecule has 6 nitrogen and oxygen atoms in total. The Balaban J connectivity index is 1.99. The van der Waals surface area contributed by atoms with Gasteiger partial charge >= 0.3 is 5.69 Å². The van der Waals surface area contributed by atoms with Crippen LogP contribution in [-0.4, -0.2) is 18.7 Å². The van der Waals surface area contributed by atoms with Crippen molar-refractivity contribution in [3.63, 3.8) is 0 Å². The van der Waals surface area contributed by atoms with Crippen molar-refractivity contribution in [2.24, 2.45) is 5.92 Å². The Morgan fingerprint density at radius 2 is 1.74 bits per heavy atom. The van der Waals surface area contributed by atoms with Gasteiger partial charge < -0.3 is 0 Å². The van der Waals surface area contributed by atoms with E-state index >= 15 is 0 Å². The van der Waals surface area contributed by atoms with Crippen molar-refractivity contribution in [3.05, 3.63) is 80.7 Å². The molecule has 2 aromatic carbocycles. The molecule has 0 bridgehead atoms. The van der Waals surface area contributed by atoms with Gasteiger partial charge in [0.05, 0.1) is 17.4 Å². The Kier molecular flexibility index (Phi) is 4.14. The first-order chi connectivity index (χ1) is 13.0. The van der Waals surface area contributed by atoms with Crippen molar-refractivity contribution in [3.8, 4) is 0 Å². The lowest BCUT2D eigenvalue weighted by Gasteiger charge is -2.11. The summed E-state index contributed by atoms with van der Waals surface area (Å²) in [5, 5.41) is 4.91. The third-order valence-electron chi connectivity index (χ3n) is 4.48. The Hall–Kier alpha value is -3.22. The largest absolute Gasteiger partial charge is 0.352 e. The lowest BCUT2D eigenvalue weighted by Crippen LogP contribution is -2.27. The molecule has 0 spiro atoms. The van der Waals surface area contributed by atoms with Gasteiger partial charge in [0.2, 0.25) is 5.78 Å². The highest BCUT2D eigenvalue weighted by atomic mass is 19.1. The highest BCUT2D eigenvalue weighted by Crippen LogP contribution is 2.12. The number of halogens is 1. The molecule has 0 amide bonds. The number of hydrogen-bond acceptors (Lipinski definition) is 3. The number of aromatic nitrogens is 4. The first-order valence-corrected chi connectivity index (χ1v) is 8.81. The first kappa shape index (κ1) is 17.2. The zero-order valence-electron chi connectivity index (χ0n) is 15.1. The van der Waals surface area contributed by atoms with Crippen molar-refractivity contribution < 1.29 is 4.39 Å². The quantitative estimate of drug-likeness (QED) is 0.558. The van der Waals surface area contributed by atoms with E-state index in [4.69, 9.17) is 0 Å². The molecule has 0 aliphatic carbocycles. The average molecular weight is 366 g/mol. The maximum absolute atomic E-state index is 13.1. The Labute approximate surface area is 154 Å². The van der Waals surface area contributed by atoms with Gasteiger partial charge in [0.15, 0.2) is 0 Å². The van der Waals surface area contributed by atoms with Gasteiger partial charge in [-0.3, -0.25) is 9.36 Å². The van der Waals surface area contributed by atoms with E-state index in [0.717, 1.165) is 5.56 Å². The van der Waals surface area contributed by atoms with Gasteiger partial charge in [-0.2, -0.15) is 0 Å². The van der Waals surface area contributed by atoms with Crippen molar-refractivity contribution in [2.45, 2.75) is 26.9 Å². The summed E-state index contributed by atoms with van der Waals surface area (Å²) in [6.07, 6.45) is 0. The summed E-state index contributed by atoms with van der Waals surface area (Å²) in [5.74, 6) is 0.197. The summed E-state index contributed by atoms with van der Waals surface area (Å²) < 4.78 is 17.5. The molecule has 0 unspecified atom stereocenters. The number of rotatable bonds is 4. The molecule has 0 N–H and O–H groups in total. The summed E-state index contributed by atoms with van der Waals surface area (Å²) in [4.78, 5) is 26.0. The molecule has 2 aromatic heterocycles. The van der Waals surface area contributed by atoms with E-state index in [2.05, 4.69) is 5.10 Å². The molecule has 0 aliphatic heterocycles. The second kappa shape index (κ2) is 6.50. The van der Waals surface area contributed by atoms with Crippen molar-refractivity contribution in [2.75, 3.05) is 0 Å². The molecule has 138 valence electrons. The van der Waals surface area contributed by atoms with Crippen LogP contribution in [-0.2, 0) is 13.1 Å². The number of fused-ring (bicyclic) bond motifs is 3. The predicted molar refractivity (Wildman–Crippen MR) is 102 cm³/mol. The monoisotopic (exact) mass is 366 g/mol. The molecular weight excluding hydrogens is 347 g/mol. The van der Waals surface area contributed by atoms with Crippen LogP contribution in [0, 0.1) is 11.7 Å². The van der Waals surface area contributed by atoms with Crippen LogP contribution in [0.4, 0.5) is 4.39 Å². The van der Waals surface area contributed by atoms with E-state index < -0.39 is 0 Å². The molecule has 0 fully saturated rings. The fourth-order valence-electron chi connectivity index (χ4n) is 3.26. The fraction of sp³-hybridized carbons (Fsp3) is 0.250.